The fraction of sp³-hybridized carbons (Fsp3) is 0.333. The summed E-state index contributed by atoms with van der Waals surface area (Å²) in [5, 5.41) is 0. The Morgan fingerprint density at radius 3 is 2.70 bits per heavy atom. The number of anilines is 1. The molecular formula is C15H15NO4. The Hall–Kier alpha value is -2.30. The van der Waals surface area contributed by atoms with Crippen LogP contribution in [0.5, 0.6) is 0 Å². The van der Waals surface area contributed by atoms with Crippen LogP contribution in [0, 0.1) is 0 Å². The smallest absolute Gasteiger partial charge is 0.337 e. The van der Waals surface area contributed by atoms with E-state index in [0.29, 0.717) is 6.54 Å². The predicted octanol–water partition coefficient (Wildman–Crippen LogP) is 1.24. The van der Waals surface area contributed by atoms with Crippen molar-refractivity contribution >= 4 is 17.6 Å². The second-order valence-corrected chi connectivity index (χ2v) is 4.84. The number of carbonyl (C=O) groups is 2. The molecule has 1 aromatic carbocycles. The molecule has 0 aliphatic carbocycles. The number of fused-ring (bicyclic) bond motifs is 3. The third-order valence-corrected chi connectivity index (χ3v) is 4.03. The quantitative estimate of drug-likeness (QED) is 0.599. The highest BCUT2D eigenvalue weighted by Gasteiger charge is 2.61. The molecule has 0 fully saturated rings. The lowest BCUT2D eigenvalue weighted by atomic mass is 9.82. The molecule has 0 N–H and O–H groups in total. The second kappa shape index (κ2) is 4.37. The van der Waals surface area contributed by atoms with Gasteiger partial charge in [0.15, 0.2) is 5.54 Å². The number of rotatable bonds is 2. The number of benzene rings is 1. The average molecular weight is 273 g/mol. The molecule has 5 nitrogen and oxygen atoms in total. The van der Waals surface area contributed by atoms with Gasteiger partial charge in [0.2, 0.25) is 0 Å². The second-order valence-electron chi connectivity index (χ2n) is 4.84. The van der Waals surface area contributed by atoms with E-state index in [9.17, 15) is 9.59 Å². The highest BCUT2D eigenvalue weighted by Crippen LogP contribution is 2.51. The monoisotopic (exact) mass is 273 g/mol. The van der Waals surface area contributed by atoms with Crippen LogP contribution in [-0.2, 0) is 19.1 Å². The van der Waals surface area contributed by atoms with E-state index in [1.165, 1.54) is 14.2 Å². The summed E-state index contributed by atoms with van der Waals surface area (Å²) in [7, 11) is 2.66. The standard InChI is InChI=1S/C15H15NO4/c1-19-13(17)12-10-6-3-4-7-11(10)16-9-5-8-15(12,16)14(18)20-2/h3-8,12H,9H2,1-2H3/t12-,15-/m1/s1. The highest BCUT2D eigenvalue weighted by molar-refractivity contribution is 6.02. The van der Waals surface area contributed by atoms with Crippen molar-refractivity contribution < 1.29 is 19.1 Å². The number of carbonyl (C=O) groups excluding carboxylic acids is 2. The molecule has 20 heavy (non-hydrogen) atoms. The summed E-state index contributed by atoms with van der Waals surface area (Å²) in [6.45, 7) is 0.569. The molecule has 0 saturated carbocycles. The number of nitrogens with zero attached hydrogens (tertiary/aromatic N) is 1. The van der Waals surface area contributed by atoms with Crippen LogP contribution in [-0.4, -0.2) is 38.2 Å². The Labute approximate surface area is 116 Å². The molecule has 2 atom stereocenters. The van der Waals surface area contributed by atoms with Gasteiger partial charge in [0.1, 0.15) is 5.92 Å². The predicted molar refractivity (Wildman–Crippen MR) is 72.4 cm³/mol. The maximum Gasteiger partial charge on any atom is 0.337 e. The zero-order chi connectivity index (χ0) is 14.3. The minimum absolute atomic E-state index is 0.433. The molecule has 0 spiro atoms. The van der Waals surface area contributed by atoms with Gasteiger partial charge in [0, 0.05) is 12.2 Å². The minimum Gasteiger partial charge on any atom is -0.468 e. The van der Waals surface area contributed by atoms with E-state index in [-0.39, 0.29) is 0 Å². The Balaban J connectivity index is 2.23. The number of hydrogen-bond acceptors (Lipinski definition) is 5. The lowest BCUT2D eigenvalue weighted by Gasteiger charge is -2.33. The van der Waals surface area contributed by atoms with Crippen LogP contribution in [0.3, 0.4) is 0 Å². The van der Waals surface area contributed by atoms with Crippen molar-refractivity contribution in [2.45, 2.75) is 11.5 Å². The van der Waals surface area contributed by atoms with Crippen LogP contribution in [0.15, 0.2) is 36.4 Å². The average Bonchev–Trinajstić information content (AvgIpc) is 3.02. The zero-order valence-electron chi connectivity index (χ0n) is 11.3. The number of esters is 2. The lowest BCUT2D eigenvalue weighted by molar-refractivity contribution is -0.153. The van der Waals surface area contributed by atoms with Gasteiger partial charge in [0.05, 0.1) is 14.2 Å². The molecule has 104 valence electrons. The summed E-state index contributed by atoms with van der Waals surface area (Å²) < 4.78 is 9.87. The molecule has 0 amide bonds. The molecule has 0 unspecified atom stereocenters. The molecule has 2 aliphatic rings. The van der Waals surface area contributed by atoms with Crippen molar-refractivity contribution in [2.75, 3.05) is 25.7 Å². The van der Waals surface area contributed by atoms with Gasteiger partial charge in [-0.3, -0.25) is 4.79 Å². The van der Waals surface area contributed by atoms with Crippen LogP contribution in [0.4, 0.5) is 5.69 Å². The maximum absolute atomic E-state index is 12.4. The highest BCUT2D eigenvalue weighted by atomic mass is 16.5. The molecule has 2 aliphatic heterocycles. The first kappa shape index (κ1) is 12.7. The SMILES string of the molecule is COC(=O)[C@H]1c2ccccc2N2CC=C[C@]12C(=O)OC. The summed E-state index contributed by atoms with van der Waals surface area (Å²) in [5.74, 6) is -1.58. The summed E-state index contributed by atoms with van der Waals surface area (Å²) in [5.41, 5.74) is 0.554. The molecule has 2 heterocycles. The Kier molecular flexibility index (Phi) is 2.78. The van der Waals surface area contributed by atoms with Crippen molar-refractivity contribution in [2.24, 2.45) is 0 Å². The van der Waals surface area contributed by atoms with Gasteiger partial charge in [-0.25, -0.2) is 4.79 Å². The van der Waals surface area contributed by atoms with Gasteiger partial charge in [0.25, 0.3) is 0 Å². The molecule has 3 rings (SSSR count). The lowest BCUT2D eigenvalue weighted by Crippen LogP contribution is -2.53. The van der Waals surface area contributed by atoms with Crippen LogP contribution in [0.2, 0.25) is 0 Å². The van der Waals surface area contributed by atoms with E-state index in [2.05, 4.69) is 0 Å². The first-order valence-corrected chi connectivity index (χ1v) is 6.37. The van der Waals surface area contributed by atoms with Gasteiger partial charge in [-0.2, -0.15) is 0 Å². The minimum atomic E-state index is -1.12. The summed E-state index contributed by atoms with van der Waals surface area (Å²) in [4.78, 5) is 26.5. The van der Waals surface area contributed by atoms with E-state index in [1.54, 1.807) is 6.08 Å². The summed E-state index contributed by atoms with van der Waals surface area (Å²) in [6.07, 6.45) is 3.63. The van der Waals surface area contributed by atoms with E-state index in [1.807, 2.05) is 35.2 Å². The van der Waals surface area contributed by atoms with E-state index in [0.717, 1.165) is 11.3 Å². The van der Waals surface area contributed by atoms with Crippen LogP contribution in [0.1, 0.15) is 11.5 Å². The molecule has 0 aromatic heterocycles. The summed E-state index contributed by atoms with van der Waals surface area (Å²) >= 11 is 0. The summed E-state index contributed by atoms with van der Waals surface area (Å²) in [6, 6.07) is 7.50. The van der Waals surface area contributed by atoms with Gasteiger partial charge >= 0.3 is 11.9 Å². The molecule has 5 heteroatoms. The number of methoxy groups -OCH3 is 2. The van der Waals surface area contributed by atoms with Crippen molar-refractivity contribution in [1.29, 1.82) is 0 Å². The fourth-order valence-corrected chi connectivity index (χ4v) is 3.23. The third-order valence-electron chi connectivity index (χ3n) is 4.03. The van der Waals surface area contributed by atoms with E-state index >= 15 is 0 Å². The fourth-order valence-electron chi connectivity index (χ4n) is 3.23. The van der Waals surface area contributed by atoms with Crippen LogP contribution >= 0.6 is 0 Å². The topological polar surface area (TPSA) is 55.8 Å². The largest absolute Gasteiger partial charge is 0.468 e. The van der Waals surface area contributed by atoms with Crippen molar-refractivity contribution in [3.63, 3.8) is 0 Å². The van der Waals surface area contributed by atoms with Crippen LogP contribution in [0.25, 0.3) is 0 Å². The molecule has 1 aromatic rings. The van der Waals surface area contributed by atoms with Gasteiger partial charge in [-0.15, -0.1) is 0 Å². The van der Waals surface area contributed by atoms with Crippen molar-refractivity contribution in [1.82, 2.24) is 0 Å². The normalized spacial score (nSPS) is 26.1. The van der Waals surface area contributed by atoms with E-state index < -0.39 is 23.4 Å². The molecule has 0 bridgehead atoms. The Bertz CT molecular complexity index is 610. The van der Waals surface area contributed by atoms with Gasteiger partial charge in [-0.1, -0.05) is 24.3 Å². The molecule has 0 radical (unpaired) electrons. The molecule has 0 saturated heterocycles. The van der Waals surface area contributed by atoms with Crippen molar-refractivity contribution in [3.05, 3.63) is 42.0 Å². The Morgan fingerprint density at radius 1 is 1.25 bits per heavy atom. The van der Waals surface area contributed by atoms with Gasteiger partial charge < -0.3 is 14.4 Å². The molecular weight excluding hydrogens is 258 g/mol. The Morgan fingerprint density at radius 2 is 2.00 bits per heavy atom. The number of ether oxygens (including phenoxy) is 2. The van der Waals surface area contributed by atoms with Crippen LogP contribution < -0.4 is 4.90 Å². The maximum atomic E-state index is 12.4. The third kappa shape index (κ3) is 1.37. The number of para-hydroxylation sites is 1. The first-order valence-electron chi connectivity index (χ1n) is 6.37. The zero-order valence-corrected chi connectivity index (χ0v) is 11.3. The van der Waals surface area contributed by atoms with Crippen molar-refractivity contribution in [3.8, 4) is 0 Å². The first-order chi connectivity index (χ1) is 9.66. The number of hydrogen-bond donors (Lipinski definition) is 0. The van der Waals surface area contributed by atoms with E-state index in [4.69, 9.17) is 9.47 Å². The van der Waals surface area contributed by atoms with Gasteiger partial charge in [-0.05, 0) is 17.7 Å².